The number of aliphatic hydroxyl groups excluding tert-OH is 1. The number of likely N-dealkylation sites (N-methyl/N-ethyl adjacent to an activating group) is 1. The van der Waals surface area contributed by atoms with Gasteiger partial charge in [0.25, 0.3) is 10.2 Å². The summed E-state index contributed by atoms with van der Waals surface area (Å²) in [5, 5.41) is 9.25. The summed E-state index contributed by atoms with van der Waals surface area (Å²) in [6.45, 7) is 4.55. The molecule has 0 aromatic carbocycles. The molecule has 1 N–H and O–H groups in total. The van der Waals surface area contributed by atoms with E-state index in [1.165, 1.54) is 8.61 Å². The molecule has 2 aliphatic rings. The maximum atomic E-state index is 12.7. The lowest BCUT2D eigenvalue weighted by molar-refractivity contribution is 0.0916. The first-order chi connectivity index (χ1) is 9.57. The molecule has 0 amide bonds. The normalized spacial score (nSPS) is 29.1. The van der Waals surface area contributed by atoms with E-state index in [0.717, 1.165) is 32.3 Å². The summed E-state index contributed by atoms with van der Waals surface area (Å²) in [4.78, 5) is 0. The number of aliphatic hydroxyl groups is 1. The number of rotatable bonds is 6. The molecule has 0 saturated carbocycles. The molecule has 0 radical (unpaired) electrons. The summed E-state index contributed by atoms with van der Waals surface area (Å²) in [6.07, 6.45) is 3.70. The van der Waals surface area contributed by atoms with Gasteiger partial charge in [-0.15, -0.1) is 0 Å². The van der Waals surface area contributed by atoms with Crippen molar-refractivity contribution in [2.45, 2.75) is 38.7 Å². The predicted octanol–water partition coefficient (Wildman–Crippen LogP) is 0.436. The van der Waals surface area contributed by atoms with Gasteiger partial charge < -0.3 is 9.84 Å². The van der Waals surface area contributed by atoms with Gasteiger partial charge in [0.2, 0.25) is 0 Å². The van der Waals surface area contributed by atoms with Gasteiger partial charge in [0.1, 0.15) is 0 Å². The molecule has 20 heavy (non-hydrogen) atoms. The minimum atomic E-state index is -3.43. The molecule has 2 heterocycles. The van der Waals surface area contributed by atoms with Gasteiger partial charge in [0.05, 0.1) is 6.10 Å². The Bertz CT molecular complexity index is 395. The Morgan fingerprint density at radius 2 is 2.15 bits per heavy atom. The highest BCUT2D eigenvalue weighted by Gasteiger charge is 2.34. The van der Waals surface area contributed by atoms with Crippen LogP contribution in [-0.2, 0) is 14.9 Å². The second-order valence-electron chi connectivity index (χ2n) is 5.64. The average molecular weight is 306 g/mol. The van der Waals surface area contributed by atoms with E-state index in [1.54, 1.807) is 0 Å². The first-order valence-corrected chi connectivity index (χ1v) is 8.95. The van der Waals surface area contributed by atoms with Gasteiger partial charge >= 0.3 is 0 Å². The lowest BCUT2D eigenvalue weighted by Gasteiger charge is -2.35. The highest BCUT2D eigenvalue weighted by atomic mass is 32.2. The maximum Gasteiger partial charge on any atom is 0.282 e. The summed E-state index contributed by atoms with van der Waals surface area (Å²) >= 11 is 0. The number of piperidine rings is 1. The van der Waals surface area contributed by atoms with E-state index < -0.39 is 10.2 Å². The summed E-state index contributed by atoms with van der Waals surface area (Å²) < 4.78 is 33.9. The largest absolute Gasteiger partial charge is 0.396 e. The Hall–Kier alpha value is -0.210. The predicted molar refractivity (Wildman–Crippen MR) is 76.5 cm³/mol. The SMILES string of the molecule is CCN(CC1CCCO1)S(=O)(=O)N1CCCC(CO)C1. The monoisotopic (exact) mass is 306 g/mol. The van der Waals surface area contributed by atoms with E-state index in [0.29, 0.717) is 26.2 Å². The van der Waals surface area contributed by atoms with E-state index in [2.05, 4.69) is 0 Å². The van der Waals surface area contributed by atoms with Crippen molar-refractivity contribution in [1.29, 1.82) is 0 Å². The van der Waals surface area contributed by atoms with Crippen LogP contribution in [0.2, 0.25) is 0 Å². The van der Waals surface area contributed by atoms with Crippen LogP contribution in [0.4, 0.5) is 0 Å². The first kappa shape index (κ1) is 16.2. The molecular formula is C13H26N2O4S. The van der Waals surface area contributed by atoms with Crippen LogP contribution in [0.1, 0.15) is 32.6 Å². The Balaban J connectivity index is 2.01. The minimum absolute atomic E-state index is 0.0307. The molecule has 2 saturated heterocycles. The van der Waals surface area contributed by atoms with Crippen molar-refractivity contribution in [1.82, 2.24) is 8.61 Å². The lowest BCUT2D eigenvalue weighted by Crippen LogP contribution is -2.50. The minimum Gasteiger partial charge on any atom is -0.396 e. The summed E-state index contributed by atoms with van der Waals surface area (Å²) in [5.74, 6) is 0.0694. The fraction of sp³-hybridized carbons (Fsp3) is 1.00. The number of hydrogen-bond donors (Lipinski definition) is 1. The van der Waals surface area contributed by atoms with Crippen LogP contribution in [0.25, 0.3) is 0 Å². The molecule has 0 bridgehead atoms. The van der Waals surface area contributed by atoms with Crippen molar-refractivity contribution in [2.75, 3.05) is 39.4 Å². The standard InChI is InChI=1S/C13H26N2O4S/c1-2-14(10-13-6-4-8-19-13)20(17,18)15-7-3-5-12(9-15)11-16/h12-13,16H,2-11H2,1H3. The van der Waals surface area contributed by atoms with Crippen molar-refractivity contribution in [3.05, 3.63) is 0 Å². The topological polar surface area (TPSA) is 70.1 Å². The number of nitrogens with zero attached hydrogens (tertiary/aromatic N) is 2. The molecule has 0 aliphatic carbocycles. The van der Waals surface area contributed by atoms with Crippen LogP contribution in [0.5, 0.6) is 0 Å². The highest BCUT2D eigenvalue weighted by molar-refractivity contribution is 7.86. The van der Waals surface area contributed by atoms with Crippen molar-refractivity contribution in [3.8, 4) is 0 Å². The van der Waals surface area contributed by atoms with Gasteiger partial charge in [0, 0.05) is 39.4 Å². The summed E-state index contributed by atoms with van der Waals surface area (Å²) in [6, 6.07) is 0. The third kappa shape index (κ3) is 3.71. The van der Waals surface area contributed by atoms with E-state index in [9.17, 15) is 13.5 Å². The molecule has 2 rings (SSSR count). The van der Waals surface area contributed by atoms with Crippen molar-refractivity contribution < 1.29 is 18.3 Å². The van der Waals surface area contributed by atoms with E-state index >= 15 is 0 Å². The molecule has 2 unspecified atom stereocenters. The van der Waals surface area contributed by atoms with Crippen molar-refractivity contribution in [3.63, 3.8) is 0 Å². The first-order valence-electron chi connectivity index (χ1n) is 7.55. The zero-order valence-electron chi connectivity index (χ0n) is 12.2. The smallest absolute Gasteiger partial charge is 0.282 e. The highest BCUT2D eigenvalue weighted by Crippen LogP contribution is 2.22. The Kier molecular flexibility index (Phi) is 5.80. The molecule has 118 valence electrons. The van der Waals surface area contributed by atoms with Crippen LogP contribution in [0.15, 0.2) is 0 Å². The van der Waals surface area contributed by atoms with E-state index in [4.69, 9.17) is 4.74 Å². The Morgan fingerprint density at radius 1 is 1.35 bits per heavy atom. The van der Waals surface area contributed by atoms with E-state index in [1.807, 2.05) is 6.92 Å². The van der Waals surface area contributed by atoms with Crippen molar-refractivity contribution in [2.24, 2.45) is 5.92 Å². The zero-order valence-corrected chi connectivity index (χ0v) is 13.0. The fourth-order valence-corrected chi connectivity index (χ4v) is 4.72. The second kappa shape index (κ2) is 7.17. The zero-order chi connectivity index (χ0) is 14.6. The third-order valence-electron chi connectivity index (χ3n) is 4.18. The van der Waals surface area contributed by atoms with Crippen LogP contribution in [0, 0.1) is 5.92 Å². The van der Waals surface area contributed by atoms with Crippen LogP contribution < -0.4 is 0 Å². The quantitative estimate of drug-likeness (QED) is 0.773. The van der Waals surface area contributed by atoms with Crippen LogP contribution in [-0.4, -0.2) is 67.6 Å². The number of hydrogen-bond acceptors (Lipinski definition) is 4. The van der Waals surface area contributed by atoms with Gasteiger partial charge in [-0.25, -0.2) is 0 Å². The number of ether oxygens (including phenoxy) is 1. The van der Waals surface area contributed by atoms with Crippen molar-refractivity contribution >= 4 is 10.2 Å². The molecule has 2 fully saturated rings. The molecular weight excluding hydrogens is 280 g/mol. The average Bonchev–Trinajstić information content (AvgIpc) is 2.97. The molecule has 2 aliphatic heterocycles. The Labute approximate surface area is 121 Å². The lowest BCUT2D eigenvalue weighted by atomic mass is 10.0. The van der Waals surface area contributed by atoms with Crippen LogP contribution >= 0.6 is 0 Å². The Morgan fingerprint density at radius 3 is 2.75 bits per heavy atom. The molecule has 6 nitrogen and oxygen atoms in total. The molecule has 0 spiro atoms. The van der Waals surface area contributed by atoms with Gasteiger partial charge in [0.15, 0.2) is 0 Å². The summed E-state index contributed by atoms with van der Waals surface area (Å²) in [7, 11) is -3.43. The molecule has 7 heteroatoms. The van der Waals surface area contributed by atoms with Gasteiger partial charge in [-0.05, 0) is 31.6 Å². The third-order valence-corrected chi connectivity index (χ3v) is 6.22. The van der Waals surface area contributed by atoms with Gasteiger partial charge in [-0.1, -0.05) is 6.92 Å². The fourth-order valence-electron chi connectivity index (χ4n) is 2.95. The molecule has 2 atom stereocenters. The second-order valence-corrected chi connectivity index (χ2v) is 7.57. The maximum absolute atomic E-state index is 12.7. The van der Waals surface area contributed by atoms with Crippen LogP contribution in [0.3, 0.4) is 0 Å². The van der Waals surface area contributed by atoms with Gasteiger partial charge in [-0.3, -0.25) is 0 Å². The molecule has 0 aromatic heterocycles. The molecule has 0 aromatic rings. The van der Waals surface area contributed by atoms with Gasteiger partial charge in [-0.2, -0.15) is 17.0 Å². The van der Waals surface area contributed by atoms with E-state index in [-0.39, 0.29) is 18.6 Å². The summed E-state index contributed by atoms with van der Waals surface area (Å²) in [5.41, 5.74) is 0.